The lowest BCUT2D eigenvalue weighted by Crippen LogP contribution is -2.24. The van der Waals surface area contributed by atoms with Crippen molar-refractivity contribution in [2.24, 2.45) is 0 Å². The molecule has 1 unspecified atom stereocenters. The number of esters is 1. The summed E-state index contributed by atoms with van der Waals surface area (Å²) in [5, 5.41) is 0. The minimum absolute atomic E-state index is 0.155. The predicted octanol–water partition coefficient (Wildman–Crippen LogP) is 4.37. The number of aromatic amines is 2. The maximum Gasteiger partial charge on any atom is 0.355 e. The van der Waals surface area contributed by atoms with Gasteiger partial charge in [-0.25, -0.2) is 4.79 Å². The minimum Gasteiger partial charge on any atom is -0.455 e. The number of carbonyl (C=O) groups is 2. The van der Waals surface area contributed by atoms with Gasteiger partial charge in [0.15, 0.2) is 6.29 Å². The zero-order chi connectivity index (χ0) is 19.2. The summed E-state index contributed by atoms with van der Waals surface area (Å²) in [6, 6.07) is 0. The van der Waals surface area contributed by atoms with Crippen molar-refractivity contribution in [3.8, 4) is 0 Å². The zero-order valence-corrected chi connectivity index (χ0v) is 16.5. The van der Waals surface area contributed by atoms with E-state index in [1.807, 2.05) is 34.6 Å². The van der Waals surface area contributed by atoms with Crippen molar-refractivity contribution in [1.82, 2.24) is 9.97 Å². The summed E-state index contributed by atoms with van der Waals surface area (Å²) >= 11 is 0. The third-order valence-electron chi connectivity index (χ3n) is 5.32. The van der Waals surface area contributed by atoms with Gasteiger partial charge in [-0.1, -0.05) is 6.92 Å². The summed E-state index contributed by atoms with van der Waals surface area (Å²) in [5.74, 6) is -0.155. The van der Waals surface area contributed by atoms with E-state index in [0.717, 1.165) is 48.1 Å². The molecule has 2 N–H and O–H groups in total. The van der Waals surface area contributed by atoms with Crippen molar-refractivity contribution in [2.75, 3.05) is 0 Å². The Hall–Kier alpha value is -2.30. The standard InChI is InChI=1S/C21H28N2O3/c1-7-13-11(2)16(10-24)22-18(13)15-9-8-14-12(3)17(23-19(14)15)20(25)26-21(4,5)6/h10,15,22-23H,7-9H2,1-6H3. The van der Waals surface area contributed by atoms with E-state index >= 15 is 0 Å². The van der Waals surface area contributed by atoms with E-state index in [9.17, 15) is 9.59 Å². The van der Waals surface area contributed by atoms with Crippen molar-refractivity contribution in [1.29, 1.82) is 0 Å². The van der Waals surface area contributed by atoms with Crippen LogP contribution >= 0.6 is 0 Å². The van der Waals surface area contributed by atoms with Gasteiger partial charge in [0, 0.05) is 17.3 Å². The molecule has 0 radical (unpaired) electrons. The Bertz CT molecular complexity index is 865. The Labute approximate surface area is 154 Å². The van der Waals surface area contributed by atoms with Crippen molar-refractivity contribution >= 4 is 12.3 Å². The van der Waals surface area contributed by atoms with Crippen LogP contribution in [0.4, 0.5) is 0 Å². The molecule has 0 fully saturated rings. The van der Waals surface area contributed by atoms with Crippen LogP contribution in [0.15, 0.2) is 0 Å². The van der Waals surface area contributed by atoms with Crippen LogP contribution in [0.25, 0.3) is 0 Å². The molecular formula is C21H28N2O3. The molecule has 0 amide bonds. The lowest BCUT2D eigenvalue weighted by atomic mass is 9.96. The van der Waals surface area contributed by atoms with Gasteiger partial charge in [0.2, 0.25) is 0 Å². The topological polar surface area (TPSA) is 75.0 Å². The molecule has 5 heteroatoms. The van der Waals surface area contributed by atoms with E-state index < -0.39 is 5.60 Å². The van der Waals surface area contributed by atoms with Gasteiger partial charge in [-0.3, -0.25) is 4.79 Å². The van der Waals surface area contributed by atoms with Crippen LogP contribution in [0.5, 0.6) is 0 Å². The van der Waals surface area contributed by atoms with E-state index in [0.29, 0.717) is 11.4 Å². The van der Waals surface area contributed by atoms with Crippen LogP contribution in [-0.4, -0.2) is 27.8 Å². The highest BCUT2D eigenvalue weighted by molar-refractivity contribution is 5.90. The molecular weight excluding hydrogens is 328 g/mol. The second-order valence-electron chi connectivity index (χ2n) is 8.14. The molecule has 2 aromatic heterocycles. The number of fused-ring (bicyclic) bond motifs is 1. The number of aldehydes is 1. The van der Waals surface area contributed by atoms with Gasteiger partial charge in [0.25, 0.3) is 0 Å². The molecule has 0 spiro atoms. The number of rotatable bonds is 4. The van der Waals surface area contributed by atoms with Crippen LogP contribution in [0.2, 0.25) is 0 Å². The molecule has 0 saturated carbocycles. The van der Waals surface area contributed by atoms with Crippen molar-refractivity contribution in [3.05, 3.63) is 45.0 Å². The maximum absolute atomic E-state index is 12.5. The van der Waals surface area contributed by atoms with Gasteiger partial charge in [-0.2, -0.15) is 0 Å². The van der Waals surface area contributed by atoms with Crippen LogP contribution in [-0.2, 0) is 17.6 Å². The third-order valence-corrected chi connectivity index (χ3v) is 5.32. The number of ether oxygens (including phenoxy) is 1. The van der Waals surface area contributed by atoms with Gasteiger partial charge in [-0.15, -0.1) is 0 Å². The summed E-state index contributed by atoms with van der Waals surface area (Å²) in [4.78, 5) is 30.6. The first kappa shape index (κ1) is 18.5. The number of carbonyl (C=O) groups excluding carboxylic acids is 2. The monoisotopic (exact) mass is 356 g/mol. The third kappa shape index (κ3) is 3.00. The fourth-order valence-electron chi connectivity index (χ4n) is 4.08. The summed E-state index contributed by atoms with van der Waals surface area (Å²) in [6.45, 7) is 11.7. The van der Waals surface area contributed by atoms with Gasteiger partial charge < -0.3 is 14.7 Å². The van der Waals surface area contributed by atoms with E-state index in [2.05, 4.69) is 16.9 Å². The molecule has 1 atom stereocenters. The molecule has 26 heavy (non-hydrogen) atoms. The lowest BCUT2D eigenvalue weighted by Gasteiger charge is -2.19. The molecule has 2 aromatic rings. The minimum atomic E-state index is -0.525. The van der Waals surface area contributed by atoms with Gasteiger partial charge in [0.1, 0.15) is 11.3 Å². The fourth-order valence-corrected chi connectivity index (χ4v) is 4.08. The number of H-pyrrole nitrogens is 2. The summed E-state index contributed by atoms with van der Waals surface area (Å²) in [6.07, 6.45) is 3.65. The molecule has 3 rings (SSSR count). The quantitative estimate of drug-likeness (QED) is 0.631. The SMILES string of the molecule is CCc1c(C2CCc3c2[nH]c(C(=O)OC(C)(C)C)c3C)[nH]c(C=O)c1C. The second kappa shape index (κ2) is 6.45. The summed E-state index contributed by atoms with van der Waals surface area (Å²) in [5.41, 5.74) is 7.28. The Morgan fingerprint density at radius 3 is 2.46 bits per heavy atom. The molecule has 1 aliphatic rings. The molecule has 0 aliphatic heterocycles. The first-order valence-electron chi connectivity index (χ1n) is 9.29. The highest BCUT2D eigenvalue weighted by Gasteiger charge is 2.34. The lowest BCUT2D eigenvalue weighted by molar-refractivity contribution is 0.00624. The molecule has 140 valence electrons. The van der Waals surface area contributed by atoms with Crippen LogP contribution < -0.4 is 0 Å². The predicted molar refractivity (Wildman–Crippen MR) is 101 cm³/mol. The van der Waals surface area contributed by atoms with Crippen LogP contribution in [0, 0.1) is 13.8 Å². The van der Waals surface area contributed by atoms with Crippen LogP contribution in [0.1, 0.15) is 94.7 Å². The van der Waals surface area contributed by atoms with Crippen molar-refractivity contribution < 1.29 is 14.3 Å². The Morgan fingerprint density at radius 1 is 1.19 bits per heavy atom. The molecule has 2 heterocycles. The maximum atomic E-state index is 12.5. The Balaban J connectivity index is 2.02. The number of hydrogen-bond donors (Lipinski definition) is 2. The summed E-state index contributed by atoms with van der Waals surface area (Å²) in [7, 11) is 0. The van der Waals surface area contributed by atoms with Gasteiger partial charge in [-0.05, 0) is 76.1 Å². The smallest absolute Gasteiger partial charge is 0.355 e. The highest BCUT2D eigenvalue weighted by Crippen LogP contribution is 2.42. The molecule has 0 bridgehead atoms. The Morgan fingerprint density at radius 2 is 1.88 bits per heavy atom. The zero-order valence-electron chi connectivity index (χ0n) is 16.5. The van der Waals surface area contributed by atoms with Crippen LogP contribution in [0.3, 0.4) is 0 Å². The highest BCUT2D eigenvalue weighted by atomic mass is 16.6. The number of hydrogen-bond acceptors (Lipinski definition) is 3. The first-order valence-corrected chi connectivity index (χ1v) is 9.29. The molecule has 0 aromatic carbocycles. The normalized spacial score (nSPS) is 16.6. The fraction of sp³-hybridized carbons (Fsp3) is 0.524. The van der Waals surface area contributed by atoms with E-state index in [-0.39, 0.29) is 11.9 Å². The molecule has 1 aliphatic carbocycles. The van der Waals surface area contributed by atoms with Gasteiger partial charge >= 0.3 is 5.97 Å². The average molecular weight is 356 g/mol. The molecule has 0 saturated heterocycles. The number of nitrogens with one attached hydrogen (secondary N) is 2. The van der Waals surface area contributed by atoms with Gasteiger partial charge in [0.05, 0.1) is 5.69 Å². The van der Waals surface area contributed by atoms with Crippen molar-refractivity contribution in [3.63, 3.8) is 0 Å². The Kier molecular flexibility index (Phi) is 4.59. The van der Waals surface area contributed by atoms with E-state index in [4.69, 9.17) is 4.74 Å². The summed E-state index contributed by atoms with van der Waals surface area (Å²) < 4.78 is 5.54. The molecule has 5 nitrogen and oxygen atoms in total. The number of aromatic nitrogens is 2. The largest absolute Gasteiger partial charge is 0.455 e. The van der Waals surface area contributed by atoms with E-state index in [1.54, 1.807) is 0 Å². The second-order valence-corrected chi connectivity index (χ2v) is 8.14. The average Bonchev–Trinajstić information content (AvgIpc) is 3.18. The first-order chi connectivity index (χ1) is 12.2. The van der Waals surface area contributed by atoms with E-state index in [1.165, 1.54) is 11.1 Å². The van der Waals surface area contributed by atoms with Crippen molar-refractivity contribution in [2.45, 2.75) is 72.3 Å².